The Labute approximate surface area is 156 Å². The van der Waals surface area contributed by atoms with Gasteiger partial charge in [-0.2, -0.15) is 0 Å². The van der Waals surface area contributed by atoms with Gasteiger partial charge in [-0.25, -0.2) is 13.1 Å². The van der Waals surface area contributed by atoms with Gasteiger partial charge in [-0.1, -0.05) is 0 Å². The molecule has 4 N–H and O–H groups in total. The van der Waals surface area contributed by atoms with Crippen LogP contribution in [0.4, 0.5) is 5.69 Å². The van der Waals surface area contributed by atoms with E-state index in [2.05, 4.69) is 10.0 Å². The normalized spacial score (nSPS) is 27.3. The summed E-state index contributed by atoms with van der Waals surface area (Å²) in [5, 5.41) is 2.57. The zero-order valence-electron chi connectivity index (χ0n) is 14.6. The number of carbonyl (C=O) groups is 2. The van der Waals surface area contributed by atoms with E-state index in [1.165, 1.54) is 31.2 Å². The number of nitrogens with one attached hydrogen (secondary N) is 2. The third kappa shape index (κ3) is 4.62. The van der Waals surface area contributed by atoms with Crippen molar-refractivity contribution in [3.63, 3.8) is 0 Å². The lowest BCUT2D eigenvalue weighted by molar-refractivity contribution is -0.126. The predicted octanol–water partition coefficient (Wildman–Crippen LogP) is -1.04. The maximum atomic E-state index is 12.6. The van der Waals surface area contributed by atoms with Crippen LogP contribution in [0.15, 0.2) is 29.2 Å². The standard InChI is InChI=1S/C16H21N3O7S/c1-9(20)18-10-2-4-11(5-3-10)27(22,23)19-12-6-25-16-13(7-26-15(12)16)24-8-14(17)21/h2-5,12-13,15-16,19H,6-8H2,1H3,(H2,17,21)(H,18,20). The molecule has 0 aromatic heterocycles. The molecule has 3 rings (SSSR count). The van der Waals surface area contributed by atoms with Crippen molar-refractivity contribution in [2.75, 3.05) is 25.1 Å². The quantitative estimate of drug-likeness (QED) is 0.531. The van der Waals surface area contributed by atoms with E-state index >= 15 is 0 Å². The summed E-state index contributed by atoms with van der Waals surface area (Å²) in [6, 6.07) is 5.22. The number of carbonyl (C=O) groups excluding carboxylic acids is 2. The highest BCUT2D eigenvalue weighted by molar-refractivity contribution is 7.89. The van der Waals surface area contributed by atoms with E-state index in [1.54, 1.807) is 0 Å². The fourth-order valence-corrected chi connectivity index (χ4v) is 4.32. The van der Waals surface area contributed by atoms with E-state index in [9.17, 15) is 18.0 Å². The van der Waals surface area contributed by atoms with Gasteiger partial charge in [0.2, 0.25) is 21.8 Å². The molecule has 2 fully saturated rings. The monoisotopic (exact) mass is 399 g/mol. The highest BCUT2D eigenvalue weighted by atomic mass is 32.2. The Morgan fingerprint density at radius 1 is 1.19 bits per heavy atom. The lowest BCUT2D eigenvalue weighted by atomic mass is 10.1. The van der Waals surface area contributed by atoms with Gasteiger partial charge in [0.1, 0.15) is 24.9 Å². The van der Waals surface area contributed by atoms with Gasteiger partial charge in [0, 0.05) is 12.6 Å². The van der Waals surface area contributed by atoms with Gasteiger partial charge in [-0.3, -0.25) is 9.59 Å². The maximum absolute atomic E-state index is 12.6. The molecule has 4 atom stereocenters. The number of anilines is 1. The Morgan fingerprint density at radius 3 is 2.48 bits per heavy atom. The second-order valence-electron chi connectivity index (χ2n) is 6.35. The van der Waals surface area contributed by atoms with Crippen LogP contribution in [0.2, 0.25) is 0 Å². The topological polar surface area (TPSA) is 146 Å². The minimum Gasteiger partial charge on any atom is -0.371 e. The molecule has 2 aliphatic rings. The smallest absolute Gasteiger partial charge is 0.243 e. The van der Waals surface area contributed by atoms with Crippen LogP contribution in [0.25, 0.3) is 0 Å². The number of rotatable bonds is 7. The summed E-state index contributed by atoms with van der Waals surface area (Å²) in [7, 11) is -3.81. The minimum atomic E-state index is -3.81. The summed E-state index contributed by atoms with van der Waals surface area (Å²) in [6.45, 7) is 1.42. The number of benzene rings is 1. The van der Waals surface area contributed by atoms with Crippen molar-refractivity contribution in [3.05, 3.63) is 24.3 Å². The number of nitrogens with two attached hydrogens (primary N) is 1. The molecule has 1 aromatic rings. The van der Waals surface area contributed by atoms with E-state index in [1.807, 2.05) is 0 Å². The van der Waals surface area contributed by atoms with Crippen LogP contribution in [0.3, 0.4) is 0 Å². The molecule has 0 saturated carbocycles. The average Bonchev–Trinajstić information content (AvgIpc) is 3.16. The molecule has 148 valence electrons. The first kappa shape index (κ1) is 19.7. The van der Waals surface area contributed by atoms with Crippen LogP contribution in [-0.4, -0.2) is 64.4 Å². The van der Waals surface area contributed by atoms with E-state index in [0.717, 1.165) is 0 Å². The third-order valence-corrected chi connectivity index (χ3v) is 5.74. The van der Waals surface area contributed by atoms with Crippen molar-refractivity contribution in [2.24, 2.45) is 5.73 Å². The van der Waals surface area contributed by atoms with E-state index in [0.29, 0.717) is 5.69 Å². The Kier molecular flexibility index (Phi) is 5.77. The SMILES string of the molecule is CC(=O)Nc1ccc(S(=O)(=O)NC2COC3C(OCC(N)=O)COC23)cc1. The molecule has 0 aliphatic carbocycles. The van der Waals surface area contributed by atoms with Crippen molar-refractivity contribution < 1.29 is 32.2 Å². The van der Waals surface area contributed by atoms with Crippen molar-refractivity contribution >= 4 is 27.5 Å². The first-order valence-electron chi connectivity index (χ1n) is 8.29. The van der Waals surface area contributed by atoms with E-state index in [4.69, 9.17) is 19.9 Å². The molecule has 2 heterocycles. The summed E-state index contributed by atoms with van der Waals surface area (Å²) in [5.74, 6) is -0.847. The Bertz CT molecular complexity index is 812. The summed E-state index contributed by atoms with van der Waals surface area (Å²) >= 11 is 0. The number of hydrogen-bond acceptors (Lipinski definition) is 7. The highest BCUT2D eigenvalue weighted by Gasteiger charge is 2.49. The number of primary amides is 1. The van der Waals surface area contributed by atoms with E-state index in [-0.39, 0.29) is 30.6 Å². The van der Waals surface area contributed by atoms with Gasteiger partial charge in [0.15, 0.2) is 0 Å². The Morgan fingerprint density at radius 2 is 1.85 bits per heavy atom. The number of sulfonamides is 1. The van der Waals surface area contributed by atoms with Crippen LogP contribution >= 0.6 is 0 Å². The number of ether oxygens (including phenoxy) is 3. The first-order valence-corrected chi connectivity index (χ1v) is 9.77. The van der Waals surface area contributed by atoms with Gasteiger partial charge in [-0.15, -0.1) is 0 Å². The summed E-state index contributed by atoms with van der Waals surface area (Å²) in [6.07, 6.45) is -1.47. The number of hydrogen-bond donors (Lipinski definition) is 3. The molecular formula is C16H21N3O7S. The van der Waals surface area contributed by atoms with Gasteiger partial charge in [0.05, 0.1) is 24.2 Å². The van der Waals surface area contributed by atoms with Crippen LogP contribution in [0.5, 0.6) is 0 Å². The molecule has 0 radical (unpaired) electrons. The molecule has 27 heavy (non-hydrogen) atoms. The molecule has 10 nitrogen and oxygen atoms in total. The van der Waals surface area contributed by atoms with Crippen molar-refractivity contribution in [3.8, 4) is 0 Å². The van der Waals surface area contributed by atoms with Gasteiger partial charge in [0.25, 0.3) is 0 Å². The molecule has 2 aliphatic heterocycles. The molecule has 2 amide bonds. The van der Waals surface area contributed by atoms with Crippen LogP contribution in [0.1, 0.15) is 6.92 Å². The third-order valence-electron chi connectivity index (χ3n) is 4.24. The zero-order chi connectivity index (χ0) is 19.6. The fraction of sp³-hybridized carbons (Fsp3) is 0.500. The lowest BCUT2D eigenvalue weighted by Gasteiger charge is -2.18. The molecular weight excluding hydrogens is 378 g/mol. The second-order valence-corrected chi connectivity index (χ2v) is 8.06. The number of fused-ring (bicyclic) bond motifs is 1. The summed E-state index contributed by atoms with van der Waals surface area (Å²) < 4.78 is 44.3. The summed E-state index contributed by atoms with van der Waals surface area (Å²) in [5.41, 5.74) is 5.56. The zero-order valence-corrected chi connectivity index (χ0v) is 15.4. The Hall–Kier alpha value is -2.05. The molecule has 0 bridgehead atoms. The number of amides is 2. The largest absolute Gasteiger partial charge is 0.371 e. The molecule has 0 spiro atoms. The summed E-state index contributed by atoms with van der Waals surface area (Å²) in [4.78, 5) is 21.9. The van der Waals surface area contributed by atoms with Crippen LogP contribution < -0.4 is 15.8 Å². The second kappa shape index (κ2) is 7.90. The average molecular weight is 399 g/mol. The van der Waals surface area contributed by atoms with Gasteiger partial charge >= 0.3 is 0 Å². The predicted molar refractivity (Wildman–Crippen MR) is 93.3 cm³/mol. The molecule has 2 saturated heterocycles. The molecule has 4 unspecified atom stereocenters. The highest BCUT2D eigenvalue weighted by Crippen LogP contribution is 2.29. The van der Waals surface area contributed by atoms with Crippen molar-refractivity contribution in [1.82, 2.24) is 4.72 Å². The van der Waals surface area contributed by atoms with Crippen molar-refractivity contribution in [2.45, 2.75) is 36.2 Å². The van der Waals surface area contributed by atoms with Crippen LogP contribution in [0, 0.1) is 0 Å². The molecule has 11 heteroatoms. The first-order chi connectivity index (χ1) is 12.8. The Balaban J connectivity index is 1.63. The van der Waals surface area contributed by atoms with E-state index < -0.39 is 40.3 Å². The van der Waals surface area contributed by atoms with Gasteiger partial charge in [-0.05, 0) is 24.3 Å². The van der Waals surface area contributed by atoms with Crippen molar-refractivity contribution in [1.29, 1.82) is 0 Å². The molecule has 1 aromatic carbocycles. The van der Waals surface area contributed by atoms with Crippen LogP contribution in [-0.2, 0) is 33.8 Å². The minimum absolute atomic E-state index is 0.0552. The lowest BCUT2D eigenvalue weighted by Crippen LogP contribution is -2.44. The van der Waals surface area contributed by atoms with Gasteiger partial charge < -0.3 is 25.3 Å². The fourth-order valence-electron chi connectivity index (χ4n) is 3.09. The maximum Gasteiger partial charge on any atom is 0.243 e.